The third-order valence-corrected chi connectivity index (χ3v) is 3.12. The first-order chi connectivity index (χ1) is 8.87. The summed E-state index contributed by atoms with van der Waals surface area (Å²) < 4.78 is 5.37. The number of hydrogen-bond acceptors (Lipinski definition) is 4. The fourth-order valence-electron chi connectivity index (χ4n) is 2.42. The Morgan fingerprint density at radius 3 is 2.84 bits per heavy atom. The van der Waals surface area contributed by atoms with Gasteiger partial charge in [0.15, 0.2) is 0 Å². The summed E-state index contributed by atoms with van der Waals surface area (Å²) in [6.45, 7) is 6.80. The number of fused-ring (bicyclic) bond motifs is 1. The first-order valence-corrected chi connectivity index (χ1v) is 6.71. The third-order valence-electron chi connectivity index (χ3n) is 3.12. The van der Waals surface area contributed by atoms with Gasteiger partial charge >= 0.3 is 5.97 Å². The zero-order valence-electron chi connectivity index (χ0n) is 11.9. The minimum atomic E-state index is -0.439. The molecule has 0 unspecified atom stereocenters. The van der Waals surface area contributed by atoms with Gasteiger partial charge in [-0.3, -0.25) is 4.79 Å². The molecule has 0 aliphatic carbocycles. The van der Waals surface area contributed by atoms with E-state index in [1.54, 1.807) is 0 Å². The number of carbonyl (C=O) groups excluding carboxylic acids is 1. The van der Waals surface area contributed by atoms with Crippen molar-refractivity contribution in [3.63, 3.8) is 0 Å². The summed E-state index contributed by atoms with van der Waals surface area (Å²) in [7, 11) is 0. The molecule has 0 fully saturated rings. The van der Waals surface area contributed by atoms with Crippen molar-refractivity contribution in [3.8, 4) is 0 Å². The maximum Gasteiger partial charge on any atom is 0.326 e. The van der Waals surface area contributed by atoms with Gasteiger partial charge in [0.1, 0.15) is 12.1 Å². The highest BCUT2D eigenvalue weighted by atomic mass is 16.6. The summed E-state index contributed by atoms with van der Waals surface area (Å²) in [6.07, 6.45) is 2.00. The molecule has 0 bridgehead atoms. The molecule has 1 heterocycles. The van der Waals surface area contributed by atoms with Crippen molar-refractivity contribution in [2.75, 3.05) is 23.7 Å². The van der Waals surface area contributed by atoms with E-state index in [1.165, 1.54) is 0 Å². The minimum absolute atomic E-state index is 0.192. The number of carbonyl (C=O) groups is 1. The van der Waals surface area contributed by atoms with E-state index in [2.05, 4.69) is 4.90 Å². The number of anilines is 2. The van der Waals surface area contributed by atoms with Crippen LogP contribution in [0.15, 0.2) is 18.2 Å². The van der Waals surface area contributed by atoms with Crippen LogP contribution in [0.3, 0.4) is 0 Å². The van der Waals surface area contributed by atoms with Crippen LogP contribution in [0.5, 0.6) is 0 Å². The van der Waals surface area contributed by atoms with Gasteiger partial charge in [-0.05, 0) is 51.3 Å². The second-order valence-corrected chi connectivity index (χ2v) is 5.96. The maximum atomic E-state index is 11.9. The molecule has 0 amide bonds. The summed E-state index contributed by atoms with van der Waals surface area (Å²) in [5, 5.41) is 0. The number of nitrogens with two attached hydrogens (primary N) is 1. The smallest absolute Gasteiger partial charge is 0.326 e. The van der Waals surface area contributed by atoms with Crippen LogP contribution >= 0.6 is 0 Å². The molecule has 0 radical (unpaired) electrons. The van der Waals surface area contributed by atoms with E-state index in [4.69, 9.17) is 10.5 Å². The SMILES string of the molecule is CC(C)(C)OC(=O)CN1CCCc2c(N)cccc21. The molecule has 19 heavy (non-hydrogen) atoms. The van der Waals surface area contributed by atoms with Gasteiger partial charge in [0.2, 0.25) is 0 Å². The Bertz CT molecular complexity index is 478. The van der Waals surface area contributed by atoms with Crippen LogP contribution in [0.25, 0.3) is 0 Å². The summed E-state index contributed by atoms with van der Waals surface area (Å²) >= 11 is 0. The van der Waals surface area contributed by atoms with Gasteiger partial charge in [0.25, 0.3) is 0 Å². The molecule has 4 nitrogen and oxygen atoms in total. The molecule has 1 aliphatic heterocycles. The van der Waals surface area contributed by atoms with Gasteiger partial charge in [-0.1, -0.05) is 6.07 Å². The molecular formula is C15H22N2O2. The van der Waals surface area contributed by atoms with Crippen molar-refractivity contribution in [1.82, 2.24) is 0 Å². The van der Waals surface area contributed by atoms with E-state index in [9.17, 15) is 4.79 Å². The van der Waals surface area contributed by atoms with Crippen molar-refractivity contribution in [3.05, 3.63) is 23.8 Å². The predicted molar refractivity (Wildman–Crippen MR) is 77.2 cm³/mol. The number of hydrogen-bond donors (Lipinski definition) is 1. The van der Waals surface area contributed by atoms with Crippen LogP contribution in [-0.4, -0.2) is 24.7 Å². The van der Waals surface area contributed by atoms with Crippen LogP contribution in [0.4, 0.5) is 11.4 Å². The molecule has 0 saturated heterocycles. The highest BCUT2D eigenvalue weighted by Gasteiger charge is 2.23. The van der Waals surface area contributed by atoms with E-state index in [0.717, 1.165) is 36.3 Å². The maximum absolute atomic E-state index is 11.9. The Labute approximate surface area is 114 Å². The molecule has 1 aliphatic rings. The lowest BCUT2D eigenvalue weighted by Gasteiger charge is -2.32. The van der Waals surface area contributed by atoms with E-state index in [1.807, 2.05) is 39.0 Å². The Balaban J connectivity index is 2.12. The quantitative estimate of drug-likeness (QED) is 0.656. The minimum Gasteiger partial charge on any atom is -0.459 e. The highest BCUT2D eigenvalue weighted by Crippen LogP contribution is 2.31. The van der Waals surface area contributed by atoms with E-state index in [0.29, 0.717) is 0 Å². The van der Waals surface area contributed by atoms with Gasteiger partial charge in [0.05, 0.1) is 0 Å². The van der Waals surface area contributed by atoms with Crippen LogP contribution in [0, 0.1) is 0 Å². The van der Waals surface area contributed by atoms with Crippen molar-refractivity contribution < 1.29 is 9.53 Å². The van der Waals surface area contributed by atoms with Crippen molar-refractivity contribution in [1.29, 1.82) is 0 Å². The summed E-state index contributed by atoms with van der Waals surface area (Å²) in [6, 6.07) is 5.87. The summed E-state index contributed by atoms with van der Waals surface area (Å²) in [5.74, 6) is -0.192. The number of ether oxygens (including phenoxy) is 1. The van der Waals surface area contributed by atoms with Crippen LogP contribution in [0.2, 0.25) is 0 Å². The number of benzene rings is 1. The number of rotatable bonds is 2. The van der Waals surface area contributed by atoms with Crippen molar-refractivity contribution in [2.45, 2.75) is 39.2 Å². The topological polar surface area (TPSA) is 55.6 Å². The lowest BCUT2D eigenvalue weighted by Crippen LogP contribution is -2.37. The van der Waals surface area contributed by atoms with Crippen LogP contribution in [-0.2, 0) is 16.0 Å². The molecular weight excluding hydrogens is 240 g/mol. The molecule has 4 heteroatoms. The predicted octanol–water partition coefficient (Wildman–Crippen LogP) is 2.36. The van der Waals surface area contributed by atoms with Crippen LogP contribution in [0.1, 0.15) is 32.8 Å². The normalized spacial score (nSPS) is 15.0. The van der Waals surface area contributed by atoms with Crippen LogP contribution < -0.4 is 10.6 Å². The number of nitrogens with zero attached hydrogens (tertiary/aromatic N) is 1. The van der Waals surface area contributed by atoms with Gasteiger partial charge in [-0.15, -0.1) is 0 Å². The molecule has 0 spiro atoms. The average Bonchev–Trinajstić information content (AvgIpc) is 2.28. The van der Waals surface area contributed by atoms with Gasteiger partial charge in [-0.2, -0.15) is 0 Å². The fraction of sp³-hybridized carbons (Fsp3) is 0.533. The van der Waals surface area contributed by atoms with E-state index in [-0.39, 0.29) is 12.5 Å². The molecule has 1 aromatic carbocycles. The second-order valence-electron chi connectivity index (χ2n) is 5.96. The number of esters is 1. The third kappa shape index (κ3) is 3.40. The van der Waals surface area contributed by atoms with Gasteiger partial charge < -0.3 is 15.4 Å². The second kappa shape index (κ2) is 5.11. The van der Waals surface area contributed by atoms with Gasteiger partial charge in [0, 0.05) is 17.9 Å². The molecule has 0 aromatic heterocycles. The standard InChI is InChI=1S/C15H22N2O2/c1-15(2,3)19-14(18)10-17-9-5-6-11-12(16)7-4-8-13(11)17/h4,7-8H,5-6,9-10,16H2,1-3H3. The lowest BCUT2D eigenvalue weighted by atomic mass is 10.00. The van der Waals surface area contributed by atoms with E-state index < -0.39 is 5.60 Å². The molecule has 2 N–H and O–H groups in total. The first-order valence-electron chi connectivity index (χ1n) is 6.71. The molecule has 2 rings (SSSR count). The summed E-state index contributed by atoms with van der Waals surface area (Å²) in [4.78, 5) is 14.0. The highest BCUT2D eigenvalue weighted by molar-refractivity contribution is 5.78. The Hall–Kier alpha value is -1.71. The Kier molecular flexibility index (Phi) is 3.69. The van der Waals surface area contributed by atoms with E-state index >= 15 is 0 Å². The zero-order chi connectivity index (χ0) is 14.0. The molecule has 1 aromatic rings. The number of nitrogen functional groups attached to an aromatic ring is 1. The largest absolute Gasteiger partial charge is 0.459 e. The average molecular weight is 262 g/mol. The molecule has 0 saturated carbocycles. The zero-order valence-corrected chi connectivity index (χ0v) is 11.9. The van der Waals surface area contributed by atoms with Crippen molar-refractivity contribution >= 4 is 17.3 Å². The van der Waals surface area contributed by atoms with Crippen molar-refractivity contribution in [2.24, 2.45) is 0 Å². The van der Waals surface area contributed by atoms with Gasteiger partial charge in [-0.25, -0.2) is 0 Å². The molecule has 0 atom stereocenters. The monoisotopic (exact) mass is 262 g/mol. The Morgan fingerprint density at radius 1 is 1.42 bits per heavy atom. The molecule has 104 valence electrons. The fourth-order valence-corrected chi connectivity index (χ4v) is 2.42. The first kappa shape index (κ1) is 13.7. The Morgan fingerprint density at radius 2 is 2.16 bits per heavy atom. The lowest BCUT2D eigenvalue weighted by molar-refractivity contribution is -0.153. The summed E-state index contributed by atoms with van der Waals surface area (Å²) in [5.41, 5.74) is 8.58.